The van der Waals surface area contributed by atoms with E-state index in [1.165, 1.54) is 17.5 Å². The lowest BCUT2D eigenvalue weighted by molar-refractivity contribution is 0.0931. The summed E-state index contributed by atoms with van der Waals surface area (Å²) in [6.45, 7) is 0.977. The van der Waals surface area contributed by atoms with Crippen LogP contribution in [0.3, 0.4) is 0 Å². The third-order valence-electron chi connectivity index (χ3n) is 5.72. The van der Waals surface area contributed by atoms with Crippen molar-refractivity contribution in [3.05, 3.63) is 58.6 Å². The predicted octanol–water partition coefficient (Wildman–Crippen LogP) is 4.01. The van der Waals surface area contributed by atoms with E-state index >= 15 is 0 Å². The summed E-state index contributed by atoms with van der Waals surface area (Å²) >= 11 is 6.00. The first kappa shape index (κ1) is 21.2. The molecule has 2 fully saturated rings. The molecule has 4 rings (SSSR count). The quantitative estimate of drug-likeness (QED) is 0.694. The van der Waals surface area contributed by atoms with Crippen LogP contribution in [0.1, 0.15) is 47.6 Å². The summed E-state index contributed by atoms with van der Waals surface area (Å²) < 4.78 is 32.9. The number of hydrogen-bond acceptors (Lipinski definition) is 4. The van der Waals surface area contributed by atoms with Gasteiger partial charge in [0.2, 0.25) is 10.0 Å². The molecule has 1 N–H and O–H groups in total. The van der Waals surface area contributed by atoms with Crippen molar-refractivity contribution in [2.45, 2.75) is 36.6 Å². The van der Waals surface area contributed by atoms with Crippen LogP contribution in [0.15, 0.2) is 47.4 Å². The van der Waals surface area contributed by atoms with Gasteiger partial charge in [0.05, 0.1) is 13.2 Å². The molecular formula is C22H25ClN2O4S. The topological polar surface area (TPSA) is 75.7 Å². The minimum absolute atomic E-state index is 0.0361. The number of amides is 1. The highest BCUT2D eigenvalue weighted by Gasteiger charge is 2.34. The first-order chi connectivity index (χ1) is 14.4. The maximum atomic E-state index is 13.1. The fraction of sp³-hybridized carbons (Fsp3) is 0.409. The molecule has 6 nitrogen and oxygen atoms in total. The zero-order valence-corrected chi connectivity index (χ0v) is 18.4. The van der Waals surface area contributed by atoms with Crippen LogP contribution in [0.25, 0.3) is 0 Å². The molecule has 1 unspecified atom stereocenters. The fourth-order valence-corrected chi connectivity index (χ4v) is 5.71. The third-order valence-corrected chi connectivity index (χ3v) is 7.89. The lowest BCUT2D eigenvalue weighted by Crippen LogP contribution is -2.31. The van der Waals surface area contributed by atoms with Crippen LogP contribution in [0.4, 0.5) is 0 Å². The van der Waals surface area contributed by atoms with Crippen molar-refractivity contribution in [1.29, 1.82) is 0 Å². The molecule has 1 saturated carbocycles. The summed E-state index contributed by atoms with van der Waals surface area (Å²) in [4.78, 5) is 13.1. The van der Waals surface area contributed by atoms with Crippen LogP contribution < -0.4 is 10.1 Å². The summed E-state index contributed by atoms with van der Waals surface area (Å²) in [5.41, 5.74) is 1.29. The van der Waals surface area contributed by atoms with Crippen LogP contribution in [0.5, 0.6) is 5.75 Å². The van der Waals surface area contributed by atoms with Gasteiger partial charge in [-0.05, 0) is 67.5 Å². The third kappa shape index (κ3) is 4.33. The van der Waals surface area contributed by atoms with E-state index < -0.39 is 10.0 Å². The van der Waals surface area contributed by atoms with E-state index in [4.69, 9.17) is 16.3 Å². The molecule has 0 aromatic heterocycles. The number of nitrogens with zero attached hydrogens (tertiary/aromatic N) is 1. The van der Waals surface area contributed by atoms with E-state index in [1.807, 2.05) is 24.3 Å². The number of carbonyl (C=O) groups is 1. The summed E-state index contributed by atoms with van der Waals surface area (Å²) in [5.74, 6) is 0.318. The first-order valence-electron chi connectivity index (χ1n) is 10.1. The highest BCUT2D eigenvalue weighted by atomic mass is 35.5. The Bertz CT molecular complexity index is 1030. The SMILES string of the molecule is COc1ccc(C(=O)NC(c2ccc(Cl)cc2)C2CC2)cc1S(=O)(=O)N1CCCC1. The van der Waals surface area contributed by atoms with Crippen LogP contribution in [0, 0.1) is 5.92 Å². The standard InChI is InChI=1S/C22H25ClN2O4S/c1-29-19-11-8-17(14-20(19)30(27,28)25-12-2-3-13-25)22(26)24-21(15-4-5-15)16-6-9-18(23)10-7-16/h6-11,14-15,21H,2-5,12-13H2,1H3,(H,24,26). The second-order valence-corrected chi connectivity index (χ2v) is 10.2. The van der Waals surface area contributed by atoms with Crippen molar-refractivity contribution >= 4 is 27.5 Å². The molecule has 2 aliphatic rings. The van der Waals surface area contributed by atoms with Crippen LogP contribution in [-0.4, -0.2) is 38.8 Å². The monoisotopic (exact) mass is 448 g/mol. The zero-order valence-electron chi connectivity index (χ0n) is 16.8. The molecular weight excluding hydrogens is 424 g/mol. The lowest BCUT2D eigenvalue weighted by Gasteiger charge is -2.21. The zero-order chi connectivity index (χ0) is 21.3. The van der Waals surface area contributed by atoms with Gasteiger partial charge in [-0.2, -0.15) is 4.31 Å². The van der Waals surface area contributed by atoms with Crippen LogP contribution in [0.2, 0.25) is 5.02 Å². The molecule has 1 aliphatic heterocycles. The Morgan fingerprint density at radius 1 is 1.13 bits per heavy atom. The smallest absolute Gasteiger partial charge is 0.251 e. The van der Waals surface area contributed by atoms with E-state index in [0.29, 0.717) is 29.6 Å². The van der Waals surface area contributed by atoms with Crippen LogP contribution >= 0.6 is 11.6 Å². The molecule has 2 aromatic carbocycles. The fourth-order valence-electron chi connectivity index (χ4n) is 3.88. The Morgan fingerprint density at radius 2 is 1.80 bits per heavy atom. The highest BCUT2D eigenvalue weighted by molar-refractivity contribution is 7.89. The van der Waals surface area contributed by atoms with Crippen molar-refractivity contribution in [2.75, 3.05) is 20.2 Å². The minimum atomic E-state index is -3.71. The molecule has 1 heterocycles. The molecule has 0 spiro atoms. The molecule has 2 aromatic rings. The van der Waals surface area contributed by atoms with Gasteiger partial charge >= 0.3 is 0 Å². The van der Waals surface area contributed by atoms with Gasteiger partial charge in [-0.25, -0.2) is 8.42 Å². The lowest BCUT2D eigenvalue weighted by atomic mass is 10.0. The maximum absolute atomic E-state index is 13.1. The Balaban J connectivity index is 1.61. The van der Waals surface area contributed by atoms with Gasteiger partial charge in [-0.3, -0.25) is 4.79 Å². The number of nitrogens with one attached hydrogen (secondary N) is 1. The van der Waals surface area contributed by atoms with Gasteiger partial charge in [0.1, 0.15) is 10.6 Å². The van der Waals surface area contributed by atoms with E-state index in [0.717, 1.165) is 31.2 Å². The van der Waals surface area contributed by atoms with Crippen molar-refractivity contribution in [2.24, 2.45) is 5.92 Å². The molecule has 1 atom stereocenters. The van der Waals surface area contributed by atoms with Gasteiger partial charge < -0.3 is 10.1 Å². The number of ether oxygens (including phenoxy) is 1. The Labute approximate surface area is 182 Å². The number of carbonyl (C=O) groups excluding carboxylic acids is 1. The van der Waals surface area contributed by atoms with Gasteiger partial charge in [0, 0.05) is 23.7 Å². The Morgan fingerprint density at radius 3 is 2.40 bits per heavy atom. The number of methoxy groups -OCH3 is 1. The largest absolute Gasteiger partial charge is 0.495 e. The van der Waals surface area contributed by atoms with Crippen LogP contribution in [-0.2, 0) is 10.0 Å². The second-order valence-electron chi connectivity index (χ2n) is 7.82. The van der Waals surface area contributed by atoms with Gasteiger partial charge in [-0.15, -0.1) is 0 Å². The Hall–Kier alpha value is -2.09. The number of rotatable bonds is 7. The summed E-state index contributed by atoms with van der Waals surface area (Å²) in [6.07, 6.45) is 3.77. The molecule has 0 bridgehead atoms. The van der Waals surface area contributed by atoms with Crippen molar-refractivity contribution in [3.8, 4) is 5.75 Å². The van der Waals surface area contributed by atoms with E-state index in [-0.39, 0.29) is 22.6 Å². The molecule has 1 saturated heterocycles. The van der Waals surface area contributed by atoms with Gasteiger partial charge in [-0.1, -0.05) is 23.7 Å². The molecule has 160 valence electrons. The van der Waals surface area contributed by atoms with Crippen molar-refractivity contribution in [1.82, 2.24) is 9.62 Å². The number of hydrogen-bond donors (Lipinski definition) is 1. The molecule has 30 heavy (non-hydrogen) atoms. The predicted molar refractivity (Wildman–Crippen MR) is 115 cm³/mol. The molecule has 8 heteroatoms. The maximum Gasteiger partial charge on any atom is 0.251 e. The van der Waals surface area contributed by atoms with E-state index in [1.54, 1.807) is 12.1 Å². The average molecular weight is 449 g/mol. The number of halogens is 1. The van der Waals surface area contributed by atoms with E-state index in [9.17, 15) is 13.2 Å². The number of benzene rings is 2. The normalized spacial score (nSPS) is 18.2. The van der Waals surface area contributed by atoms with Gasteiger partial charge in [0.25, 0.3) is 5.91 Å². The van der Waals surface area contributed by atoms with E-state index in [2.05, 4.69) is 5.32 Å². The first-order valence-corrected chi connectivity index (χ1v) is 12.0. The second kappa shape index (κ2) is 8.57. The molecule has 0 radical (unpaired) electrons. The van der Waals surface area contributed by atoms with Crippen molar-refractivity contribution < 1.29 is 17.9 Å². The molecule has 1 amide bonds. The summed E-state index contributed by atoms with van der Waals surface area (Å²) in [7, 11) is -2.28. The summed E-state index contributed by atoms with van der Waals surface area (Å²) in [5, 5.41) is 3.73. The Kier molecular flexibility index (Phi) is 6.04. The molecule has 1 aliphatic carbocycles. The minimum Gasteiger partial charge on any atom is -0.495 e. The van der Waals surface area contributed by atoms with Crippen molar-refractivity contribution in [3.63, 3.8) is 0 Å². The van der Waals surface area contributed by atoms with Gasteiger partial charge in [0.15, 0.2) is 0 Å². The average Bonchev–Trinajstić information content (AvgIpc) is 3.43. The summed E-state index contributed by atoms with van der Waals surface area (Å²) in [6, 6.07) is 11.9. The number of sulfonamides is 1. The highest BCUT2D eigenvalue weighted by Crippen LogP contribution is 2.41.